The molecule has 16 heavy (non-hydrogen) atoms. The summed E-state index contributed by atoms with van der Waals surface area (Å²) >= 11 is 0. The summed E-state index contributed by atoms with van der Waals surface area (Å²) in [5.74, 6) is 0.378. The van der Waals surface area contributed by atoms with Crippen molar-refractivity contribution in [2.24, 2.45) is 5.92 Å². The van der Waals surface area contributed by atoms with Crippen LogP contribution in [0.2, 0.25) is 0 Å². The number of allylic oxidation sites excluding steroid dienone is 1. The van der Waals surface area contributed by atoms with Crippen LogP contribution < -0.4 is 0 Å². The molecule has 92 valence electrons. The van der Waals surface area contributed by atoms with Crippen LogP contribution in [0, 0.1) is 5.92 Å². The summed E-state index contributed by atoms with van der Waals surface area (Å²) in [7, 11) is 0. The van der Waals surface area contributed by atoms with Gasteiger partial charge in [0.05, 0.1) is 6.26 Å². The van der Waals surface area contributed by atoms with Crippen molar-refractivity contribution in [2.45, 2.75) is 39.2 Å². The number of nitrogens with zero attached hydrogens (tertiary/aromatic N) is 1. The zero-order chi connectivity index (χ0) is 12.2. The molecular weight excluding hydrogens is 206 g/mol. The normalized spacial score (nSPS) is 19.1. The Hall–Kier alpha value is -1.19. The molecular formula is C12H21NO3. The second-order valence-electron chi connectivity index (χ2n) is 5.15. The van der Waals surface area contributed by atoms with Crippen molar-refractivity contribution < 1.29 is 14.6 Å². The predicted molar refractivity (Wildman–Crippen MR) is 62.3 cm³/mol. The van der Waals surface area contributed by atoms with Gasteiger partial charge >= 0.3 is 6.09 Å². The second kappa shape index (κ2) is 5.23. The zero-order valence-corrected chi connectivity index (χ0v) is 10.3. The number of carbonyl (C=O) groups is 1. The summed E-state index contributed by atoms with van der Waals surface area (Å²) in [6.45, 7) is 7.00. The quantitative estimate of drug-likeness (QED) is 0.701. The fraction of sp³-hybridized carbons (Fsp3) is 0.750. The van der Waals surface area contributed by atoms with Crippen molar-refractivity contribution in [2.75, 3.05) is 13.1 Å². The first kappa shape index (κ1) is 12.9. The first-order valence-electron chi connectivity index (χ1n) is 5.71. The van der Waals surface area contributed by atoms with Crippen LogP contribution in [0.4, 0.5) is 4.79 Å². The van der Waals surface area contributed by atoms with Crippen molar-refractivity contribution in [3.63, 3.8) is 0 Å². The largest absolute Gasteiger partial charge is 0.516 e. The second-order valence-corrected chi connectivity index (χ2v) is 5.15. The van der Waals surface area contributed by atoms with Crippen molar-refractivity contribution in [1.29, 1.82) is 0 Å². The van der Waals surface area contributed by atoms with E-state index < -0.39 is 5.60 Å². The maximum atomic E-state index is 11.7. The topological polar surface area (TPSA) is 49.8 Å². The molecule has 0 aromatic rings. The lowest BCUT2D eigenvalue weighted by Gasteiger charge is -2.32. The maximum Gasteiger partial charge on any atom is 0.410 e. The maximum absolute atomic E-state index is 11.7. The van der Waals surface area contributed by atoms with E-state index in [0.29, 0.717) is 19.0 Å². The van der Waals surface area contributed by atoms with Crippen molar-refractivity contribution in [3.05, 3.63) is 12.3 Å². The van der Waals surface area contributed by atoms with Gasteiger partial charge in [-0.15, -0.1) is 0 Å². The van der Waals surface area contributed by atoms with Gasteiger partial charge < -0.3 is 14.7 Å². The number of hydrogen-bond acceptors (Lipinski definition) is 3. The minimum absolute atomic E-state index is 0.237. The van der Waals surface area contributed by atoms with Gasteiger partial charge in [0.2, 0.25) is 0 Å². The number of hydrogen-bond donors (Lipinski definition) is 1. The van der Waals surface area contributed by atoms with E-state index in [-0.39, 0.29) is 6.09 Å². The fourth-order valence-electron chi connectivity index (χ4n) is 1.72. The smallest absolute Gasteiger partial charge is 0.410 e. The molecule has 0 aliphatic carbocycles. The van der Waals surface area contributed by atoms with Gasteiger partial charge in [0.1, 0.15) is 5.60 Å². The van der Waals surface area contributed by atoms with Gasteiger partial charge in [0, 0.05) is 13.1 Å². The van der Waals surface area contributed by atoms with E-state index in [9.17, 15) is 4.79 Å². The Morgan fingerprint density at radius 2 is 1.94 bits per heavy atom. The van der Waals surface area contributed by atoms with Gasteiger partial charge in [-0.1, -0.05) is 0 Å². The Labute approximate surface area is 96.9 Å². The summed E-state index contributed by atoms with van der Waals surface area (Å²) in [5, 5.41) is 8.66. The number of rotatable bonds is 1. The van der Waals surface area contributed by atoms with Crippen LogP contribution in [-0.4, -0.2) is 34.8 Å². The Balaban J connectivity index is 2.39. The van der Waals surface area contributed by atoms with Crippen LogP contribution in [-0.2, 0) is 4.74 Å². The van der Waals surface area contributed by atoms with Crippen molar-refractivity contribution in [1.82, 2.24) is 4.90 Å². The average molecular weight is 227 g/mol. The number of ether oxygens (including phenoxy) is 1. The molecule has 1 heterocycles. The molecule has 0 aromatic carbocycles. The van der Waals surface area contributed by atoms with Crippen LogP contribution in [0.25, 0.3) is 0 Å². The highest BCUT2D eigenvalue weighted by Crippen LogP contribution is 2.20. The van der Waals surface area contributed by atoms with Gasteiger partial charge in [0.15, 0.2) is 0 Å². The van der Waals surface area contributed by atoms with Gasteiger partial charge in [-0.05, 0) is 45.6 Å². The number of piperidine rings is 1. The molecule has 0 radical (unpaired) electrons. The van der Waals surface area contributed by atoms with Gasteiger partial charge in [0.25, 0.3) is 0 Å². The van der Waals surface area contributed by atoms with Gasteiger partial charge in [-0.3, -0.25) is 0 Å². The molecule has 0 spiro atoms. The van der Waals surface area contributed by atoms with E-state index in [1.165, 1.54) is 0 Å². The highest BCUT2D eigenvalue weighted by Gasteiger charge is 2.25. The van der Waals surface area contributed by atoms with Crippen LogP contribution in [0.5, 0.6) is 0 Å². The number of aliphatic hydroxyl groups excluding tert-OH is 1. The summed E-state index contributed by atoms with van der Waals surface area (Å²) < 4.78 is 5.29. The molecule has 1 N–H and O–H groups in total. The standard InChI is InChI=1S/C12H21NO3/c1-12(2,3)16-11(15)13-7-4-10(5-8-13)6-9-14/h6,9-10,14H,4-5,7-8H2,1-3H3/b9-6+. The Morgan fingerprint density at radius 3 is 2.38 bits per heavy atom. The van der Waals surface area contributed by atoms with E-state index >= 15 is 0 Å². The molecule has 0 aromatic heterocycles. The van der Waals surface area contributed by atoms with E-state index in [1.807, 2.05) is 20.8 Å². The monoisotopic (exact) mass is 227 g/mol. The van der Waals surface area contributed by atoms with Gasteiger partial charge in [-0.2, -0.15) is 0 Å². The number of carbonyl (C=O) groups excluding carboxylic acids is 1. The molecule has 4 nitrogen and oxygen atoms in total. The third-order valence-corrected chi connectivity index (χ3v) is 2.55. The Kier molecular flexibility index (Phi) is 4.21. The van der Waals surface area contributed by atoms with Gasteiger partial charge in [-0.25, -0.2) is 4.79 Å². The van der Waals surface area contributed by atoms with Crippen LogP contribution in [0.3, 0.4) is 0 Å². The van der Waals surface area contributed by atoms with E-state index in [1.54, 1.807) is 11.0 Å². The highest BCUT2D eigenvalue weighted by molar-refractivity contribution is 5.68. The average Bonchev–Trinajstić information content (AvgIpc) is 2.16. The minimum Gasteiger partial charge on any atom is -0.516 e. The summed E-state index contributed by atoms with van der Waals surface area (Å²) in [6, 6.07) is 0. The SMILES string of the molecule is CC(C)(C)OC(=O)N1CCC(/C=C/O)CC1. The first-order chi connectivity index (χ1) is 7.42. The summed E-state index contributed by atoms with van der Waals surface area (Å²) in [5.41, 5.74) is -0.432. The minimum atomic E-state index is -0.432. The molecule has 1 saturated heterocycles. The number of likely N-dealkylation sites (tertiary alicyclic amines) is 1. The van der Waals surface area contributed by atoms with E-state index in [2.05, 4.69) is 0 Å². The van der Waals surface area contributed by atoms with Crippen molar-refractivity contribution in [3.8, 4) is 0 Å². The van der Waals surface area contributed by atoms with Crippen LogP contribution in [0.1, 0.15) is 33.6 Å². The fourth-order valence-corrected chi connectivity index (χ4v) is 1.72. The third kappa shape index (κ3) is 4.13. The van der Waals surface area contributed by atoms with Crippen LogP contribution >= 0.6 is 0 Å². The van der Waals surface area contributed by atoms with E-state index in [0.717, 1.165) is 19.1 Å². The lowest BCUT2D eigenvalue weighted by Crippen LogP contribution is -2.41. The number of aliphatic hydroxyl groups is 1. The molecule has 0 unspecified atom stereocenters. The summed E-state index contributed by atoms with van der Waals surface area (Å²) in [4.78, 5) is 13.4. The van der Waals surface area contributed by atoms with E-state index in [4.69, 9.17) is 9.84 Å². The first-order valence-corrected chi connectivity index (χ1v) is 5.71. The molecule has 4 heteroatoms. The molecule has 0 bridgehead atoms. The molecule has 1 aliphatic rings. The summed E-state index contributed by atoms with van der Waals surface area (Å²) in [6.07, 6.45) is 4.41. The number of amides is 1. The predicted octanol–water partition coefficient (Wildman–Crippen LogP) is 2.71. The molecule has 1 rings (SSSR count). The highest BCUT2D eigenvalue weighted by atomic mass is 16.6. The van der Waals surface area contributed by atoms with Crippen molar-refractivity contribution >= 4 is 6.09 Å². The Bertz CT molecular complexity index is 260. The molecule has 0 saturated carbocycles. The molecule has 1 amide bonds. The van der Waals surface area contributed by atoms with Crippen LogP contribution in [0.15, 0.2) is 12.3 Å². The zero-order valence-electron chi connectivity index (χ0n) is 10.3. The lowest BCUT2D eigenvalue weighted by molar-refractivity contribution is 0.0197. The molecule has 0 atom stereocenters. The molecule has 1 aliphatic heterocycles. The Morgan fingerprint density at radius 1 is 1.38 bits per heavy atom. The molecule has 1 fully saturated rings. The lowest BCUT2D eigenvalue weighted by atomic mass is 9.97. The third-order valence-electron chi connectivity index (χ3n) is 2.55.